The van der Waals surface area contributed by atoms with Crippen molar-refractivity contribution in [1.29, 1.82) is 0 Å². The Balaban J connectivity index is 0.000000156. The van der Waals surface area contributed by atoms with Crippen molar-refractivity contribution in [2.45, 2.75) is 198 Å². The number of para-hydroxylation sites is 1. The van der Waals surface area contributed by atoms with Crippen molar-refractivity contribution in [3.8, 4) is 107 Å². The van der Waals surface area contributed by atoms with Crippen molar-refractivity contribution >= 4 is 104 Å². The SMILES string of the molecule is CC(C)(C)c1cc(-c2ccc3c4cc(-c5ccccc5)ccc4n(-c4[c-]c(-c5ccccn5)ccc4)c3n2)c([S-])c(C(C)(C)C)c1.CC(C)(C)c1cc(-c2ccc3c4cc(C(C)(C)C)ccc4n(-c4[c-]c(-c5ccccn5)ccc4)c3n2)c([S-])c(C(C)(C)C)c1.CC(C)(C)c1cc(-c2ccc3c4ccccc4n(-c4[c-]c(-c5ccccn5)cc(-c5ccccc5)c4)c3n2)c([S-])c(C(C)(C)C)c1.[Pt+2].[Pt+2].[Pt+2]. The van der Waals surface area contributed by atoms with Crippen LogP contribution >= 0.6 is 0 Å². The van der Waals surface area contributed by atoms with Gasteiger partial charge in [0.1, 0.15) is 16.9 Å². The Labute approximate surface area is 880 Å². The molecule has 0 spiro atoms. The van der Waals surface area contributed by atoms with E-state index < -0.39 is 0 Å². The fourth-order valence-electron chi connectivity index (χ4n) is 18.2. The van der Waals surface area contributed by atoms with Gasteiger partial charge in [-0.05, 0) is 213 Å². The van der Waals surface area contributed by atoms with E-state index in [4.69, 9.17) is 52.8 Å². The number of aromatic nitrogens is 9. The van der Waals surface area contributed by atoms with Gasteiger partial charge in [-0.2, -0.15) is 14.7 Å². The first-order valence-corrected chi connectivity index (χ1v) is 48.2. The van der Waals surface area contributed by atoms with Crippen LogP contribution in [0.5, 0.6) is 0 Å². The van der Waals surface area contributed by atoms with Crippen molar-refractivity contribution in [3.63, 3.8) is 0 Å². The Morgan fingerprint density at radius 3 is 0.950 bits per heavy atom. The maximum Gasteiger partial charge on any atom is 2.00 e. The zero-order valence-corrected chi connectivity index (χ0v) is 92.0. The standard InChI is InChI=1S/2C42H38N3S.C40H42N3S.3Pt/c1-41(2,3)30-25-34(39(46)35(26-30)42(4,5)6)37-20-19-33-32-16-10-11-18-38(32)45(40(33)44-37)31-23-28(27-14-8-7-9-15-27)22-29(24-31)36-17-12-13-21-43-36;1-41(2,3)30-25-34(39(46)35(26-30)42(4,5)6)37-20-19-32-33-24-28(27-13-8-7-9-14-27)18-21-38(33)45(40(32)44-37)31-16-12-15-29(23-31)36-17-10-11-22-43-36;1-38(2,3)26-16-19-35-30(22-26)29-17-18-34(31-23-27(39(4,5)6)24-32(36(31)44)40(7,8)9)42-37(29)43(35)28-14-12-13-25(21-28)33-15-10-11-20-41-33;;;/h7-23,25-26,46H,1-6H3;7-22,24-26,46H,1-6H3;10-20,22-24,44H,1-9H3;;;/q3*-1;3*+2/p-3. The molecule has 0 saturated heterocycles. The molecule has 0 atom stereocenters. The summed E-state index contributed by atoms with van der Waals surface area (Å²) in [5, 5.41) is 6.76. The summed E-state index contributed by atoms with van der Waals surface area (Å²) in [5.74, 6) is 0. The zero-order valence-electron chi connectivity index (χ0n) is 82.7. The number of benzene rings is 11. The van der Waals surface area contributed by atoms with Crippen LogP contribution < -0.4 is 0 Å². The quantitative estimate of drug-likeness (QED) is 0.0927. The number of fused-ring (bicyclic) bond motifs is 9. The van der Waals surface area contributed by atoms with Gasteiger partial charge in [0.25, 0.3) is 0 Å². The molecule has 704 valence electrons. The Morgan fingerprint density at radius 1 is 0.223 bits per heavy atom. The van der Waals surface area contributed by atoms with Crippen molar-refractivity contribution in [2.75, 3.05) is 0 Å². The molecule has 0 amide bonds. The molecule has 0 bridgehead atoms. The Hall–Kier alpha value is -11.6. The second-order valence-corrected chi connectivity index (χ2v) is 44.3. The van der Waals surface area contributed by atoms with Crippen molar-refractivity contribution in [3.05, 3.63) is 373 Å². The predicted molar refractivity (Wildman–Crippen MR) is 577 cm³/mol. The maximum atomic E-state index is 6.20. The minimum Gasteiger partial charge on any atom is -0.779 e. The molecule has 0 saturated carbocycles. The van der Waals surface area contributed by atoms with E-state index in [1.165, 1.54) is 55.5 Å². The number of rotatable bonds is 11. The van der Waals surface area contributed by atoms with Crippen LogP contribution in [0.4, 0.5) is 0 Å². The van der Waals surface area contributed by atoms with Gasteiger partial charge in [0.15, 0.2) is 0 Å². The van der Waals surface area contributed by atoms with Gasteiger partial charge in [-0.3, -0.25) is 0 Å². The number of hydrogen-bond acceptors (Lipinski definition) is 9. The van der Waals surface area contributed by atoms with E-state index in [1.54, 1.807) is 0 Å². The van der Waals surface area contributed by atoms with Gasteiger partial charge >= 0.3 is 63.2 Å². The molecule has 9 aromatic heterocycles. The fraction of sp³-hybridized carbons (Fsp3) is 0.226. The summed E-state index contributed by atoms with van der Waals surface area (Å²) in [4.78, 5) is 32.8. The second-order valence-electron chi connectivity index (χ2n) is 43.1. The van der Waals surface area contributed by atoms with Crippen LogP contribution in [-0.2, 0) is 139 Å². The van der Waals surface area contributed by atoms with E-state index in [1.807, 2.05) is 79.3 Å². The van der Waals surface area contributed by atoms with Crippen LogP contribution in [-0.4, -0.2) is 43.6 Å². The maximum absolute atomic E-state index is 6.20. The fourth-order valence-corrected chi connectivity index (χ4v) is 19.7. The van der Waals surface area contributed by atoms with Gasteiger partial charge in [-0.1, -0.05) is 331 Å². The Kier molecular flexibility index (Phi) is 29.2. The van der Waals surface area contributed by atoms with Crippen LogP contribution in [0.3, 0.4) is 0 Å². The molecule has 9 nitrogen and oxygen atoms in total. The van der Waals surface area contributed by atoms with Gasteiger partial charge in [-0.25, -0.2) is 15.0 Å². The minimum absolute atomic E-state index is 0. The molecule has 11 aromatic carbocycles. The molecule has 0 N–H and O–H groups in total. The summed E-state index contributed by atoms with van der Waals surface area (Å²) in [6.07, 6.45) is 5.47. The summed E-state index contributed by atoms with van der Waals surface area (Å²) in [7, 11) is 0. The number of pyridine rings is 6. The molecule has 0 unspecified atom stereocenters. The Bertz CT molecular complexity index is 7900. The summed E-state index contributed by atoms with van der Waals surface area (Å²) >= 11 is 18.6. The number of nitrogens with zero attached hydrogens (tertiary/aromatic N) is 9. The first-order chi connectivity index (χ1) is 64.6. The molecule has 139 heavy (non-hydrogen) atoms. The molecule has 0 fully saturated rings. The third-order valence-corrected chi connectivity index (χ3v) is 27.2. The molecular formula is C124H115N9Pt3S3. The van der Waals surface area contributed by atoms with Crippen LogP contribution in [0, 0.1) is 18.2 Å². The smallest absolute Gasteiger partial charge is 0.779 e. The van der Waals surface area contributed by atoms with Gasteiger partial charge in [-0.15, -0.1) is 83.4 Å². The molecule has 20 aromatic rings. The molecule has 0 aliphatic heterocycles. The monoisotopic (exact) mass is 2410 g/mol. The van der Waals surface area contributed by atoms with E-state index in [-0.39, 0.29) is 101 Å². The summed E-state index contributed by atoms with van der Waals surface area (Å²) in [5.41, 5.74) is 32.6. The molecule has 0 aliphatic rings. The van der Waals surface area contributed by atoms with Gasteiger partial charge in [0, 0.05) is 50.9 Å². The van der Waals surface area contributed by atoms with Crippen molar-refractivity contribution < 1.29 is 63.2 Å². The number of hydrogen-bond donors (Lipinski definition) is 0. The molecule has 20 rings (SSSR count). The van der Waals surface area contributed by atoms with E-state index in [0.29, 0.717) is 0 Å². The average Bonchev–Trinajstić information content (AvgIpc) is 1.55. The van der Waals surface area contributed by atoms with Gasteiger partial charge in [0.2, 0.25) is 0 Å². The largest absolute Gasteiger partial charge is 2.00 e. The predicted octanol–water partition coefficient (Wildman–Crippen LogP) is 32.3. The average molecular weight is 2410 g/mol. The zero-order chi connectivity index (χ0) is 96.0. The van der Waals surface area contributed by atoms with Crippen LogP contribution in [0.2, 0.25) is 0 Å². The minimum atomic E-state index is -0.0964. The second kappa shape index (κ2) is 39.9. The van der Waals surface area contributed by atoms with Crippen LogP contribution in [0.1, 0.15) is 184 Å². The van der Waals surface area contributed by atoms with E-state index in [9.17, 15) is 0 Å². The van der Waals surface area contributed by atoms with Crippen molar-refractivity contribution in [2.24, 2.45) is 0 Å². The summed E-state index contributed by atoms with van der Waals surface area (Å²) < 4.78 is 6.72. The summed E-state index contributed by atoms with van der Waals surface area (Å²) in [6, 6.07) is 116. The first-order valence-electron chi connectivity index (χ1n) is 47.0. The normalized spacial score (nSPS) is 12.1. The van der Waals surface area contributed by atoms with Crippen LogP contribution in [0.25, 0.3) is 173 Å². The summed E-state index contributed by atoms with van der Waals surface area (Å²) in [6.45, 7) is 47.2. The molecular weight excluding hydrogens is 2300 g/mol. The molecule has 15 heteroatoms. The van der Waals surface area contributed by atoms with Crippen LogP contribution in [0.15, 0.2) is 331 Å². The third kappa shape index (κ3) is 20.9. The van der Waals surface area contributed by atoms with Crippen molar-refractivity contribution in [1.82, 2.24) is 43.6 Å². The molecule has 9 heterocycles. The Morgan fingerprint density at radius 2 is 0.561 bits per heavy atom. The molecule has 0 aliphatic carbocycles. The van der Waals surface area contributed by atoms with Gasteiger partial charge < -0.3 is 66.5 Å². The van der Waals surface area contributed by atoms with Gasteiger partial charge in [0.05, 0.1) is 33.6 Å². The topological polar surface area (TPSA) is 92.1 Å². The third-order valence-electron chi connectivity index (χ3n) is 25.9. The van der Waals surface area contributed by atoms with E-state index in [2.05, 4.69) is 429 Å². The van der Waals surface area contributed by atoms with E-state index >= 15 is 0 Å². The first kappa shape index (κ1) is 102. The van der Waals surface area contributed by atoms with E-state index in [0.717, 1.165) is 171 Å². The molecule has 0 radical (unpaired) electrons.